The zero-order valence-electron chi connectivity index (χ0n) is 14.0. The van der Waals surface area contributed by atoms with Gasteiger partial charge in [-0.3, -0.25) is 4.79 Å². The van der Waals surface area contributed by atoms with E-state index in [4.69, 9.17) is 4.74 Å². The Hall–Kier alpha value is -1.19. The zero-order valence-corrected chi connectivity index (χ0v) is 15.6. The molecule has 3 heterocycles. The smallest absolute Gasteiger partial charge is 0.330 e. The Morgan fingerprint density at radius 3 is 2.84 bits per heavy atom. The molecule has 9 heteroatoms. The van der Waals surface area contributed by atoms with E-state index < -0.39 is 18.6 Å². The van der Waals surface area contributed by atoms with Crippen LogP contribution in [0.15, 0.2) is 6.07 Å². The maximum Gasteiger partial charge on any atom is 0.330 e. The lowest BCUT2D eigenvalue weighted by atomic mass is 9.86. The first-order chi connectivity index (χ1) is 11.6. The van der Waals surface area contributed by atoms with E-state index >= 15 is 0 Å². The molecule has 3 rings (SSSR count). The summed E-state index contributed by atoms with van der Waals surface area (Å²) in [5, 5.41) is 15.1. The zero-order chi connectivity index (χ0) is 17.2. The summed E-state index contributed by atoms with van der Waals surface area (Å²) in [6, 6.07) is 0.832. The Bertz CT molecular complexity index is 630. The van der Waals surface area contributed by atoms with Gasteiger partial charge in [0.2, 0.25) is 0 Å². The summed E-state index contributed by atoms with van der Waals surface area (Å²) in [4.78, 5) is 25.6. The van der Waals surface area contributed by atoms with Gasteiger partial charge in [-0.2, -0.15) is 0 Å². The van der Waals surface area contributed by atoms with Gasteiger partial charge >= 0.3 is 5.97 Å². The molecule has 1 aromatic rings. The van der Waals surface area contributed by atoms with Gasteiger partial charge in [0, 0.05) is 4.88 Å². The van der Waals surface area contributed by atoms with Crippen LogP contribution >= 0.6 is 23.7 Å². The van der Waals surface area contributed by atoms with Gasteiger partial charge in [-0.05, 0) is 44.0 Å². The summed E-state index contributed by atoms with van der Waals surface area (Å²) in [5.74, 6) is -1.03. The lowest BCUT2D eigenvalue weighted by molar-refractivity contribution is -0.143. The number of carbonyl (C=O) groups excluding carboxylic acids is 2. The largest absolute Gasteiger partial charge is 0.467 e. The first-order valence-electron chi connectivity index (χ1n) is 8.07. The highest BCUT2D eigenvalue weighted by molar-refractivity contribution is 7.14. The van der Waals surface area contributed by atoms with Gasteiger partial charge in [-0.1, -0.05) is 0 Å². The molecule has 2 aliphatic rings. The quantitative estimate of drug-likeness (QED) is 0.651. The third-order valence-electron chi connectivity index (χ3n) is 4.58. The van der Waals surface area contributed by atoms with Crippen LogP contribution in [0.1, 0.15) is 33.0 Å². The standard InChI is InChI=1S/C16H22N2O5S.ClH/c1-22-15(21)11(9-19)18-14(20)12-8-10-2-7-23-16(13(10)24-12)3-5-17-6-4-16;/h8,11,17,19H,2-7,9H2,1H3,(H,18,20);1H. The van der Waals surface area contributed by atoms with Crippen LogP contribution in [-0.2, 0) is 26.3 Å². The molecule has 1 unspecified atom stereocenters. The molecule has 0 radical (unpaired) electrons. The topological polar surface area (TPSA) is 96.9 Å². The molecule has 7 nitrogen and oxygen atoms in total. The molecule has 0 aliphatic carbocycles. The summed E-state index contributed by atoms with van der Waals surface area (Å²) in [6.45, 7) is 1.95. The van der Waals surface area contributed by atoms with E-state index in [1.807, 2.05) is 6.07 Å². The molecule has 1 amide bonds. The second kappa shape index (κ2) is 8.46. The van der Waals surface area contributed by atoms with Crippen LogP contribution < -0.4 is 10.6 Å². The lowest BCUT2D eigenvalue weighted by Crippen LogP contribution is -2.44. The van der Waals surface area contributed by atoms with E-state index in [0.29, 0.717) is 11.5 Å². The third-order valence-corrected chi connectivity index (χ3v) is 5.94. The van der Waals surface area contributed by atoms with Crippen molar-refractivity contribution >= 4 is 35.6 Å². The molecule has 3 N–H and O–H groups in total. The summed E-state index contributed by atoms with van der Waals surface area (Å²) in [6.07, 6.45) is 2.57. The highest BCUT2D eigenvalue weighted by Gasteiger charge is 2.41. The van der Waals surface area contributed by atoms with Crippen molar-refractivity contribution in [3.05, 3.63) is 21.4 Å². The highest BCUT2D eigenvalue weighted by atomic mass is 35.5. The molecular formula is C16H23ClN2O5S. The minimum atomic E-state index is -1.05. The Balaban J connectivity index is 0.00000225. The van der Waals surface area contributed by atoms with Crippen LogP contribution in [0.3, 0.4) is 0 Å². The van der Waals surface area contributed by atoms with Crippen molar-refractivity contribution < 1.29 is 24.2 Å². The summed E-state index contributed by atoms with van der Waals surface area (Å²) >= 11 is 1.42. The SMILES string of the molecule is COC(=O)C(CO)NC(=O)c1cc2c(s1)C1(CCNCC1)OCC2.Cl. The van der Waals surface area contributed by atoms with Gasteiger partial charge in [0.1, 0.15) is 5.60 Å². The van der Waals surface area contributed by atoms with E-state index in [9.17, 15) is 14.7 Å². The normalized spacial score (nSPS) is 19.4. The Morgan fingerprint density at radius 1 is 1.48 bits per heavy atom. The predicted octanol–water partition coefficient (Wildman–Crippen LogP) is 0.585. The third kappa shape index (κ3) is 3.98. The molecule has 0 aromatic carbocycles. The van der Waals surface area contributed by atoms with Crippen molar-refractivity contribution in [2.75, 3.05) is 33.4 Å². The van der Waals surface area contributed by atoms with E-state index in [1.165, 1.54) is 18.4 Å². The number of thiophene rings is 1. The Kier molecular flexibility index (Phi) is 6.81. The first-order valence-corrected chi connectivity index (χ1v) is 8.89. The van der Waals surface area contributed by atoms with Gasteiger partial charge < -0.3 is 25.2 Å². The second-order valence-corrected chi connectivity index (χ2v) is 7.09. The van der Waals surface area contributed by atoms with Gasteiger partial charge in [-0.25, -0.2) is 4.79 Å². The van der Waals surface area contributed by atoms with Gasteiger partial charge in [-0.15, -0.1) is 23.7 Å². The fourth-order valence-corrected chi connectivity index (χ4v) is 4.60. The molecule has 1 aromatic heterocycles. The minimum absolute atomic E-state index is 0. The molecule has 1 saturated heterocycles. The number of esters is 1. The number of piperidine rings is 1. The fourth-order valence-electron chi connectivity index (χ4n) is 3.29. The molecule has 0 saturated carbocycles. The van der Waals surface area contributed by atoms with Gasteiger partial charge in [0.25, 0.3) is 5.91 Å². The van der Waals surface area contributed by atoms with Crippen molar-refractivity contribution in [2.45, 2.75) is 30.9 Å². The molecule has 140 valence electrons. The molecule has 1 fully saturated rings. The average Bonchev–Trinajstić information content (AvgIpc) is 3.06. The number of rotatable bonds is 4. The van der Waals surface area contributed by atoms with Crippen LogP contribution in [0.4, 0.5) is 0 Å². The first kappa shape index (κ1) is 20.1. The number of hydrogen-bond donors (Lipinski definition) is 3. The molecule has 2 aliphatic heterocycles. The maximum absolute atomic E-state index is 12.5. The van der Waals surface area contributed by atoms with Crippen LogP contribution in [0.5, 0.6) is 0 Å². The van der Waals surface area contributed by atoms with Crippen molar-refractivity contribution in [2.24, 2.45) is 0 Å². The number of hydrogen-bond acceptors (Lipinski definition) is 7. The van der Waals surface area contributed by atoms with Crippen LogP contribution in [0, 0.1) is 0 Å². The van der Waals surface area contributed by atoms with Gasteiger partial charge in [0.05, 0.1) is 25.2 Å². The maximum atomic E-state index is 12.5. The molecular weight excluding hydrogens is 368 g/mol. The lowest BCUT2D eigenvalue weighted by Gasteiger charge is -2.40. The number of halogens is 1. The predicted molar refractivity (Wildman–Crippen MR) is 95.4 cm³/mol. The van der Waals surface area contributed by atoms with Crippen molar-refractivity contribution in [3.63, 3.8) is 0 Å². The number of aliphatic hydroxyl groups excluding tert-OH is 1. The number of aliphatic hydroxyl groups is 1. The number of fused-ring (bicyclic) bond motifs is 2. The van der Waals surface area contributed by atoms with Gasteiger partial charge in [0.15, 0.2) is 6.04 Å². The van der Waals surface area contributed by atoms with Crippen LogP contribution in [0.2, 0.25) is 0 Å². The van der Waals surface area contributed by atoms with E-state index in [-0.39, 0.29) is 23.9 Å². The minimum Gasteiger partial charge on any atom is -0.467 e. The van der Waals surface area contributed by atoms with E-state index in [0.717, 1.165) is 42.8 Å². The molecule has 1 spiro atoms. The van der Waals surface area contributed by atoms with Crippen LogP contribution in [0.25, 0.3) is 0 Å². The number of methoxy groups -OCH3 is 1. The highest BCUT2D eigenvalue weighted by Crippen LogP contribution is 2.44. The molecule has 0 bridgehead atoms. The van der Waals surface area contributed by atoms with Crippen LogP contribution in [-0.4, -0.2) is 56.4 Å². The van der Waals surface area contributed by atoms with Crippen molar-refractivity contribution in [1.82, 2.24) is 10.6 Å². The molecule has 25 heavy (non-hydrogen) atoms. The van der Waals surface area contributed by atoms with Crippen molar-refractivity contribution in [1.29, 1.82) is 0 Å². The summed E-state index contributed by atoms with van der Waals surface area (Å²) in [7, 11) is 1.22. The monoisotopic (exact) mass is 390 g/mol. The second-order valence-electron chi connectivity index (χ2n) is 6.04. The number of nitrogens with one attached hydrogen (secondary N) is 2. The number of amides is 1. The fraction of sp³-hybridized carbons (Fsp3) is 0.625. The van der Waals surface area contributed by atoms with Crippen molar-refractivity contribution in [3.8, 4) is 0 Å². The number of ether oxygens (including phenoxy) is 2. The summed E-state index contributed by atoms with van der Waals surface area (Å²) in [5.41, 5.74) is 0.859. The average molecular weight is 391 g/mol. The summed E-state index contributed by atoms with van der Waals surface area (Å²) < 4.78 is 10.7. The van der Waals surface area contributed by atoms with E-state index in [2.05, 4.69) is 15.4 Å². The Labute approximate surface area is 156 Å². The number of carbonyl (C=O) groups is 2. The molecule has 1 atom stereocenters. The van der Waals surface area contributed by atoms with E-state index in [1.54, 1.807) is 0 Å². The Morgan fingerprint density at radius 2 is 2.20 bits per heavy atom.